The summed E-state index contributed by atoms with van der Waals surface area (Å²) in [6.07, 6.45) is -22.8. The van der Waals surface area contributed by atoms with Crippen LogP contribution in [0.5, 0.6) is 23.0 Å². The molecule has 58 heavy (non-hydrogen) atoms. The number of phenolic OH excluding ortho intramolecular Hbond substituents is 4. The molecule has 2 aromatic carbocycles. The number of hydrogen-bond donors (Lipinski definition) is 11. The van der Waals surface area contributed by atoms with E-state index in [4.69, 9.17) is 37.9 Å². The zero-order valence-corrected chi connectivity index (χ0v) is 31.1. The Bertz CT molecular complexity index is 1720. The van der Waals surface area contributed by atoms with Crippen molar-refractivity contribution in [2.75, 3.05) is 19.8 Å². The fourth-order valence-electron chi connectivity index (χ4n) is 6.44. The van der Waals surface area contributed by atoms with Crippen molar-refractivity contribution in [2.24, 2.45) is 0 Å². The Balaban J connectivity index is 1.50. The second-order valence-corrected chi connectivity index (χ2v) is 13.9. The highest BCUT2D eigenvalue weighted by Crippen LogP contribution is 2.35. The third-order valence-corrected chi connectivity index (χ3v) is 9.64. The van der Waals surface area contributed by atoms with Gasteiger partial charge in [-0.1, -0.05) is 12.1 Å². The molecule has 3 saturated heterocycles. The van der Waals surface area contributed by atoms with E-state index in [9.17, 15) is 65.8 Å². The molecule has 0 bridgehead atoms. The molecule has 322 valence electrons. The van der Waals surface area contributed by atoms with Gasteiger partial charge in [0.15, 0.2) is 54.1 Å². The minimum absolute atomic E-state index is 0.0835. The Kier molecular flexibility index (Phi) is 15.2. The van der Waals surface area contributed by atoms with E-state index in [1.165, 1.54) is 43.3 Å². The first kappa shape index (κ1) is 44.9. The van der Waals surface area contributed by atoms with Crippen molar-refractivity contribution < 1.29 is 104 Å². The summed E-state index contributed by atoms with van der Waals surface area (Å²) in [5.41, 5.74) is 0.738. The van der Waals surface area contributed by atoms with Gasteiger partial charge in [0.25, 0.3) is 0 Å². The molecule has 15 unspecified atom stereocenters. The number of aromatic hydroxyl groups is 4. The molecule has 21 heteroatoms. The number of carbonyl (C=O) groups is 2. The quantitative estimate of drug-likeness (QED) is 0.0527. The number of aliphatic hydroxyl groups excluding tert-OH is 7. The van der Waals surface area contributed by atoms with Crippen molar-refractivity contribution in [2.45, 2.75) is 112 Å². The molecule has 0 aromatic heterocycles. The molecule has 5 rings (SSSR count). The lowest BCUT2D eigenvalue weighted by Crippen LogP contribution is -2.66. The second-order valence-electron chi connectivity index (χ2n) is 13.9. The maximum absolute atomic E-state index is 13.5. The normalized spacial score (nSPS) is 35.4. The molecule has 3 aliphatic rings. The average molecular weight is 829 g/mol. The number of aliphatic hydroxyl groups is 7. The third kappa shape index (κ3) is 10.7. The second kappa shape index (κ2) is 19.7. The minimum Gasteiger partial charge on any atom is -0.504 e. The molecule has 0 amide bonds. The molecule has 21 nitrogen and oxygen atoms in total. The molecule has 0 radical (unpaired) electrons. The number of ether oxygens (including phenoxy) is 8. The van der Waals surface area contributed by atoms with Gasteiger partial charge in [0.05, 0.1) is 25.9 Å². The van der Waals surface area contributed by atoms with Crippen molar-refractivity contribution in [3.63, 3.8) is 0 Å². The van der Waals surface area contributed by atoms with Gasteiger partial charge in [-0.25, -0.2) is 4.79 Å². The van der Waals surface area contributed by atoms with E-state index in [-0.39, 0.29) is 24.3 Å². The lowest BCUT2D eigenvalue weighted by Gasteiger charge is -2.48. The minimum atomic E-state index is -1.92. The number of benzene rings is 2. The van der Waals surface area contributed by atoms with Crippen LogP contribution >= 0.6 is 0 Å². The highest BCUT2D eigenvalue weighted by molar-refractivity contribution is 5.87. The molecular weight excluding hydrogens is 780 g/mol. The summed E-state index contributed by atoms with van der Waals surface area (Å²) >= 11 is 0. The van der Waals surface area contributed by atoms with Crippen molar-refractivity contribution in [3.8, 4) is 23.0 Å². The van der Waals surface area contributed by atoms with Crippen molar-refractivity contribution in [3.05, 3.63) is 53.6 Å². The average Bonchev–Trinajstić information content (AvgIpc) is 3.18. The van der Waals surface area contributed by atoms with Gasteiger partial charge in [-0.15, -0.1) is 0 Å². The van der Waals surface area contributed by atoms with E-state index < -0.39 is 135 Å². The predicted molar refractivity (Wildman–Crippen MR) is 189 cm³/mol. The zero-order valence-electron chi connectivity index (χ0n) is 31.1. The molecule has 0 spiro atoms. The van der Waals surface area contributed by atoms with E-state index in [0.717, 1.165) is 19.1 Å². The molecular formula is C37H48O21. The largest absolute Gasteiger partial charge is 0.504 e. The van der Waals surface area contributed by atoms with E-state index in [0.29, 0.717) is 5.56 Å². The Hall–Kier alpha value is -4.20. The Labute approximate surface area is 330 Å². The van der Waals surface area contributed by atoms with Gasteiger partial charge < -0.3 is 94.1 Å². The van der Waals surface area contributed by atoms with Gasteiger partial charge in [-0.2, -0.15) is 0 Å². The van der Waals surface area contributed by atoms with Crippen molar-refractivity contribution in [1.29, 1.82) is 0 Å². The summed E-state index contributed by atoms with van der Waals surface area (Å²) in [5.74, 6) is -3.70. The summed E-state index contributed by atoms with van der Waals surface area (Å²) in [6.45, 7) is 0.703. The van der Waals surface area contributed by atoms with E-state index in [2.05, 4.69) is 0 Å². The van der Waals surface area contributed by atoms with Crippen LogP contribution in [0.25, 0.3) is 6.08 Å². The Morgan fingerprint density at radius 3 is 1.97 bits per heavy atom. The summed E-state index contributed by atoms with van der Waals surface area (Å²) in [6, 6.07) is 7.70. The van der Waals surface area contributed by atoms with Gasteiger partial charge in [0.2, 0.25) is 0 Å². The van der Waals surface area contributed by atoms with E-state index >= 15 is 0 Å². The first-order valence-corrected chi connectivity index (χ1v) is 18.1. The maximum atomic E-state index is 13.5. The zero-order chi connectivity index (χ0) is 42.4. The molecule has 3 heterocycles. The van der Waals surface area contributed by atoms with Crippen LogP contribution in [0.3, 0.4) is 0 Å². The van der Waals surface area contributed by atoms with Crippen LogP contribution in [0.1, 0.15) is 25.0 Å². The maximum Gasteiger partial charge on any atom is 0.331 e. The monoisotopic (exact) mass is 828 g/mol. The molecule has 0 aliphatic carbocycles. The van der Waals surface area contributed by atoms with Crippen molar-refractivity contribution in [1.82, 2.24) is 0 Å². The van der Waals surface area contributed by atoms with Crippen LogP contribution in [0.4, 0.5) is 0 Å². The summed E-state index contributed by atoms with van der Waals surface area (Å²) in [5, 5.41) is 112. The predicted octanol–water partition coefficient (Wildman–Crippen LogP) is -2.62. The molecule has 2 aromatic rings. The molecule has 0 saturated carbocycles. The molecule has 3 aliphatic heterocycles. The summed E-state index contributed by atoms with van der Waals surface area (Å²) in [4.78, 5) is 26.1. The highest BCUT2D eigenvalue weighted by Gasteiger charge is 2.55. The Morgan fingerprint density at radius 1 is 0.672 bits per heavy atom. The van der Waals surface area contributed by atoms with Gasteiger partial charge >= 0.3 is 11.9 Å². The fourth-order valence-corrected chi connectivity index (χ4v) is 6.44. The fraction of sp³-hybridized carbons (Fsp3) is 0.568. The van der Waals surface area contributed by atoms with Gasteiger partial charge in [0.1, 0.15) is 54.9 Å². The molecule has 15 atom stereocenters. The van der Waals surface area contributed by atoms with Crippen LogP contribution in [0, 0.1) is 0 Å². The highest BCUT2D eigenvalue weighted by atomic mass is 16.8. The Morgan fingerprint density at radius 2 is 1.31 bits per heavy atom. The molecule has 11 N–H and O–H groups in total. The third-order valence-electron chi connectivity index (χ3n) is 9.64. The van der Waals surface area contributed by atoms with Crippen LogP contribution in [-0.4, -0.2) is 180 Å². The lowest BCUT2D eigenvalue weighted by atomic mass is 9.96. The van der Waals surface area contributed by atoms with E-state index in [1.807, 2.05) is 0 Å². The smallest absolute Gasteiger partial charge is 0.331 e. The number of phenols is 4. The number of rotatable bonds is 14. The van der Waals surface area contributed by atoms with Crippen LogP contribution in [0.2, 0.25) is 0 Å². The first-order valence-electron chi connectivity index (χ1n) is 18.1. The van der Waals surface area contributed by atoms with Crippen molar-refractivity contribution >= 4 is 18.0 Å². The summed E-state index contributed by atoms with van der Waals surface area (Å²) in [7, 11) is 0. The van der Waals surface area contributed by atoms with Crippen LogP contribution < -0.4 is 0 Å². The van der Waals surface area contributed by atoms with Gasteiger partial charge in [-0.3, -0.25) is 4.79 Å². The number of hydrogen-bond acceptors (Lipinski definition) is 21. The first-order chi connectivity index (χ1) is 27.5. The lowest BCUT2D eigenvalue weighted by molar-refractivity contribution is -0.364. The van der Waals surface area contributed by atoms with Crippen LogP contribution in [-0.2, 0) is 53.9 Å². The number of esters is 2. The SMILES string of the molecule is CC(=O)OC1C(OCCc2ccc(O)c(O)c2)OC(COC2OC(CO)C(O)C(O)C2O)C(OC(=O)/C=C/c2ccc(O)c(O)c2)C1OC1OC(C)C(O)C(O)C1O. The molecule has 3 fully saturated rings. The number of carbonyl (C=O) groups excluding carboxylic acids is 2. The topological polar surface area (TPSA) is 331 Å². The standard InChI is InChI=1S/C37H48O21/c1-15-26(45)28(47)31(50)36(53-15)58-33-32(57-25(44)8-5-17-3-6-19(40)21(42)11-17)24(14-52-35-30(49)29(48)27(46)23(13-38)55-35)56-37(34(33)54-16(2)39)51-10-9-18-4-7-20(41)22(43)12-18/h3-8,11-12,15,23-24,26-38,40-43,45-50H,9-10,13-14H2,1-2H3/b8-5+. The van der Waals surface area contributed by atoms with Crippen LogP contribution in [0.15, 0.2) is 42.5 Å². The van der Waals surface area contributed by atoms with Gasteiger partial charge in [0, 0.05) is 13.0 Å². The summed E-state index contributed by atoms with van der Waals surface area (Å²) < 4.78 is 46.6. The van der Waals surface area contributed by atoms with Gasteiger partial charge in [-0.05, 0) is 54.8 Å². The van der Waals surface area contributed by atoms with E-state index in [1.54, 1.807) is 0 Å².